The summed E-state index contributed by atoms with van der Waals surface area (Å²) < 4.78 is 0. The van der Waals surface area contributed by atoms with Gasteiger partial charge in [0.15, 0.2) is 0 Å². The highest BCUT2D eigenvalue weighted by atomic mass is 14.6. The highest BCUT2D eigenvalue weighted by Gasteiger charge is 2.61. The van der Waals surface area contributed by atoms with Crippen molar-refractivity contribution in [2.45, 2.75) is 63.7 Å². The lowest BCUT2D eigenvalue weighted by molar-refractivity contribution is -0.0399. The van der Waals surface area contributed by atoms with Gasteiger partial charge >= 0.3 is 0 Å². The van der Waals surface area contributed by atoms with Crippen molar-refractivity contribution < 1.29 is 0 Å². The SMILES string of the molecule is CC(C)(C)c1ccc(-c2c3ccccc3c(-c3ccccc3-c3cccc4c3-c3ccccc3C43C4CC5CC(C4)CC3C5)c3ccccc23)cc1. The molecule has 12 rings (SSSR count). The lowest BCUT2D eigenvalue weighted by Crippen LogP contribution is -2.55. The number of rotatable bonds is 3. The van der Waals surface area contributed by atoms with Gasteiger partial charge in [-0.2, -0.15) is 0 Å². The van der Waals surface area contributed by atoms with Crippen LogP contribution in [0.2, 0.25) is 0 Å². The first kappa shape index (κ1) is 30.7. The van der Waals surface area contributed by atoms with Gasteiger partial charge in [-0.3, -0.25) is 0 Å². The quantitative estimate of drug-likeness (QED) is 0.164. The molecular formula is C52H46. The zero-order chi connectivity index (χ0) is 34.8. The van der Waals surface area contributed by atoms with E-state index in [9.17, 15) is 0 Å². The molecule has 0 saturated heterocycles. The molecule has 0 aliphatic heterocycles. The van der Waals surface area contributed by atoms with Crippen LogP contribution in [0.4, 0.5) is 0 Å². The average Bonchev–Trinajstić information content (AvgIpc) is 3.46. The third-order valence-corrected chi connectivity index (χ3v) is 14.0. The van der Waals surface area contributed by atoms with Crippen LogP contribution in [0, 0.1) is 23.7 Å². The normalized spacial score (nSPS) is 24.1. The number of fused-ring (bicyclic) bond motifs is 5. The molecule has 5 aliphatic carbocycles. The van der Waals surface area contributed by atoms with E-state index in [1.807, 2.05) is 0 Å². The Morgan fingerprint density at radius 3 is 1.48 bits per heavy atom. The van der Waals surface area contributed by atoms with Gasteiger partial charge < -0.3 is 0 Å². The first-order chi connectivity index (χ1) is 25.4. The molecule has 4 fully saturated rings. The first-order valence-corrected chi connectivity index (χ1v) is 19.8. The summed E-state index contributed by atoms with van der Waals surface area (Å²) >= 11 is 0. The van der Waals surface area contributed by atoms with Crippen molar-refractivity contribution in [2.75, 3.05) is 0 Å². The van der Waals surface area contributed by atoms with E-state index < -0.39 is 0 Å². The molecule has 0 atom stereocenters. The second-order valence-electron chi connectivity index (χ2n) is 17.7. The van der Waals surface area contributed by atoms with Crippen molar-refractivity contribution in [3.05, 3.63) is 156 Å². The second-order valence-corrected chi connectivity index (χ2v) is 17.7. The Morgan fingerprint density at radius 1 is 0.404 bits per heavy atom. The summed E-state index contributed by atoms with van der Waals surface area (Å²) in [7, 11) is 0. The van der Waals surface area contributed by atoms with E-state index in [1.165, 1.54) is 104 Å². The van der Waals surface area contributed by atoms with Gasteiger partial charge in [0.25, 0.3) is 0 Å². The lowest BCUT2D eigenvalue weighted by atomic mass is 9.43. The van der Waals surface area contributed by atoms with E-state index in [4.69, 9.17) is 0 Å². The molecule has 52 heavy (non-hydrogen) atoms. The Morgan fingerprint density at radius 2 is 0.885 bits per heavy atom. The third kappa shape index (κ3) is 4.16. The van der Waals surface area contributed by atoms with Crippen LogP contribution in [0.1, 0.15) is 69.6 Å². The van der Waals surface area contributed by atoms with E-state index in [0.717, 1.165) is 23.7 Å². The van der Waals surface area contributed by atoms with Gasteiger partial charge in [-0.1, -0.05) is 160 Å². The smallest absolute Gasteiger partial charge is 0.0272 e. The van der Waals surface area contributed by atoms with Crippen molar-refractivity contribution >= 4 is 21.5 Å². The molecule has 0 heteroatoms. The summed E-state index contributed by atoms with van der Waals surface area (Å²) in [4.78, 5) is 0. The Labute approximate surface area is 308 Å². The maximum atomic E-state index is 2.54. The van der Waals surface area contributed by atoms with E-state index in [1.54, 1.807) is 11.1 Å². The zero-order valence-corrected chi connectivity index (χ0v) is 30.6. The number of benzene rings is 7. The van der Waals surface area contributed by atoms with Gasteiger partial charge in [-0.25, -0.2) is 0 Å². The minimum absolute atomic E-state index is 0.115. The van der Waals surface area contributed by atoms with Crippen molar-refractivity contribution in [3.8, 4) is 44.5 Å². The fraction of sp³-hybridized carbons (Fsp3) is 0.269. The molecule has 0 heterocycles. The van der Waals surface area contributed by atoms with Crippen LogP contribution in [0.5, 0.6) is 0 Å². The summed E-state index contributed by atoms with van der Waals surface area (Å²) in [5, 5.41) is 5.25. The molecule has 1 spiro atoms. The van der Waals surface area contributed by atoms with Gasteiger partial charge in [0.05, 0.1) is 0 Å². The van der Waals surface area contributed by atoms with Gasteiger partial charge in [0, 0.05) is 5.41 Å². The largest absolute Gasteiger partial charge is 0.0619 e. The second kappa shape index (κ2) is 11.0. The summed E-state index contributed by atoms with van der Waals surface area (Å²) in [6.45, 7) is 6.88. The molecule has 5 aliphatic rings. The van der Waals surface area contributed by atoms with E-state index >= 15 is 0 Å². The molecule has 4 bridgehead atoms. The molecule has 7 aromatic rings. The predicted octanol–water partition coefficient (Wildman–Crippen LogP) is 14.0. The highest BCUT2D eigenvalue weighted by molar-refractivity contribution is 6.22. The minimum Gasteiger partial charge on any atom is -0.0619 e. The molecule has 4 saturated carbocycles. The van der Waals surface area contributed by atoms with Crippen molar-refractivity contribution in [1.82, 2.24) is 0 Å². The highest BCUT2D eigenvalue weighted by Crippen LogP contribution is 2.70. The molecule has 254 valence electrons. The first-order valence-electron chi connectivity index (χ1n) is 19.8. The lowest BCUT2D eigenvalue weighted by Gasteiger charge is -2.61. The maximum Gasteiger partial charge on any atom is 0.0272 e. The summed E-state index contributed by atoms with van der Waals surface area (Å²) in [5.74, 6) is 3.40. The average molecular weight is 671 g/mol. The van der Waals surface area contributed by atoms with Crippen molar-refractivity contribution in [2.24, 2.45) is 23.7 Å². The van der Waals surface area contributed by atoms with Crippen molar-refractivity contribution in [3.63, 3.8) is 0 Å². The third-order valence-electron chi connectivity index (χ3n) is 14.0. The molecule has 0 unspecified atom stereocenters. The van der Waals surface area contributed by atoms with E-state index in [0.29, 0.717) is 0 Å². The van der Waals surface area contributed by atoms with Crippen LogP contribution in [-0.2, 0) is 10.8 Å². The summed E-state index contributed by atoms with van der Waals surface area (Å²) in [6, 6.07) is 53.8. The topological polar surface area (TPSA) is 0 Å². The minimum atomic E-state index is 0.115. The maximum absolute atomic E-state index is 2.54. The van der Waals surface area contributed by atoms with Crippen LogP contribution >= 0.6 is 0 Å². The Bertz CT molecular complexity index is 2470. The van der Waals surface area contributed by atoms with E-state index in [-0.39, 0.29) is 10.8 Å². The van der Waals surface area contributed by atoms with Crippen LogP contribution in [0.3, 0.4) is 0 Å². The molecule has 0 amide bonds. The monoisotopic (exact) mass is 670 g/mol. The van der Waals surface area contributed by atoms with Crippen LogP contribution in [0.25, 0.3) is 66.1 Å². The van der Waals surface area contributed by atoms with Gasteiger partial charge in [-0.15, -0.1) is 0 Å². The predicted molar refractivity (Wildman–Crippen MR) is 220 cm³/mol. The molecule has 0 nitrogen and oxygen atoms in total. The molecule has 0 aromatic heterocycles. The standard InChI is InChI=1S/C52H46/c1-51(2,3)35-25-23-34(24-26-35)48-41-15-6-8-17-43(41)49(44-18-9-7-16-42(44)48)39-14-5-4-13-38(39)40-20-12-22-47-50(40)45-19-10-11-21-46(45)52(47)36-28-32-27-33(30-36)31-37(52)29-32/h4-26,32-33,36-37H,27-31H2,1-3H3. The van der Waals surface area contributed by atoms with Gasteiger partial charge in [0.1, 0.15) is 0 Å². The zero-order valence-electron chi connectivity index (χ0n) is 30.6. The molecule has 7 aromatic carbocycles. The molecule has 0 N–H and O–H groups in total. The van der Waals surface area contributed by atoms with Gasteiger partial charge in [-0.05, 0) is 144 Å². The molecular weight excluding hydrogens is 625 g/mol. The van der Waals surface area contributed by atoms with Crippen LogP contribution < -0.4 is 0 Å². The molecule has 0 radical (unpaired) electrons. The van der Waals surface area contributed by atoms with E-state index in [2.05, 4.69) is 160 Å². The Hall–Kier alpha value is -4.94. The fourth-order valence-electron chi connectivity index (χ4n) is 12.2. The van der Waals surface area contributed by atoms with Crippen molar-refractivity contribution in [1.29, 1.82) is 0 Å². The summed E-state index contributed by atoms with van der Waals surface area (Å²) in [6.07, 6.45) is 7.11. The number of hydrogen-bond acceptors (Lipinski definition) is 0. The summed E-state index contributed by atoms with van der Waals surface area (Å²) in [5.41, 5.74) is 15.9. The van der Waals surface area contributed by atoms with Crippen LogP contribution in [0.15, 0.2) is 140 Å². The fourth-order valence-corrected chi connectivity index (χ4v) is 12.2. The Kier molecular flexibility index (Phi) is 6.51. The van der Waals surface area contributed by atoms with Crippen LogP contribution in [-0.4, -0.2) is 0 Å². The Balaban J connectivity index is 1.16. The number of hydrogen-bond donors (Lipinski definition) is 0. The van der Waals surface area contributed by atoms with Gasteiger partial charge in [0.2, 0.25) is 0 Å².